The van der Waals surface area contributed by atoms with Crippen molar-refractivity contribution < 1.29 is 14.5 Å². The largest absolute Gasteiger partial charge is 0.377 e. The number of aromatic nitrogens is 1. The molecule has 1 aromatic heterocycles. The third kappa shape index (κ3) is 3.88. The van der Waals surface area contributed by atoms with Crippen LogP contribution in [0.4, 0.5) is 11.4 Å². The summed E-state index contributed by atoms with van der Waals surface area (Å²) in [6.07, 6.45) is 2.93. The van der Waals surface area contributed by atoms with E-state index in [0.29, 0.717) is 37.4 Å². The summed E-state index contributed by atoms with van der Waals surface area (Å²) in [4.78, 5) is 38.5. The Balaban J connectivity index is 1.34. The first-order valence-corrected chi connectivity index (χ1v) is 11.1. The maximum absolute atomic E-state index is 13.3. The summed E-state index contributed by atoms with van der Waals surface area (Å²) in [6, 6.07) is 9.91. The molecule has 0 saturated carbocycles. The molecule has 0 radical (unpaired) electrons. The van der Waals surface area contributed by atoms with Crippen molar-refractivity contribution in [1.29, 1.82) is 0 Å². The third-order valence-corrected chi connectivity index (χ3v) is 6.75. The van der Waals surface area contributed by atoms with Gasteiger partial charge in [0.2, 0.25) is 0 Å². The van der Waals surface area contributed by atoms with E-state index in [2.05, 4.69) is 5.32 Å². The van der Waals surface area contributed by atoms with E-state index in [0.717, 1.165) is 31.6 Å². The first-order chi connectivity index (χ1) is 15.5. The van der Waals surface area contributed by atoms with Crippen molar-refractivity contribution >= 4 is 17.3 Å². The molecule has 9 nitrogen and oxygen atoms in total. The molecule has 5 rings (SSSR count). The lowest BCUT2D eigenvalue weighted by Gasteiger charge is -2.42. The van der Waals surface area contributed by atoms with Gasteiger partial charge < -0.3 is 19.5 Å². The number of nitro benzene ring substituents is 1. The van der Waals surface area contributed by atoms with Crippen LogP contribution in [0.5, 0.6) is 0 Å². The molecule has 4 heterocycles. The number of rotatable bonds is 5. The number of nitrogens with one attached hydrogen (secondary N) is 1. The van der Waals surface area contributed by atoms with Crippen LogP contribution in [-0.4, -0.2) is 52.6 Å². The highest BCUT2D eigenvalue weighted by Gasteiger charge is 2.36. The minimum absolute atomic E-state index is 0.00121. The second-order valence-corrected chi connectivity index (χ2v) is 8.91. The van der Waals surface area contributed by atoms with Crippen molar-refractivity contribution in [2.75, 3.05) is 31.6 Å². The predicted molar refractivity (Wildman–Crippen MR) is 118 cm³/mol. The minimum atomic E-state index is -0.456. The zero-order chi connectivity index (χ0) is 22.2. The first kappa shape index (κ1) is 20.7. The SMILES string of the molecule is O=C(c1ccc(NCC2CCCO2)c([N+](=O)[O-])c1)N1CC2CC(C1)c1cccc(=O)n1C2. The molecule has 2 saturated heterocycles. The van der Waals surface area contributed by atoms with Crippen LogP contribution in [0.3, 0.4) is 0 Å². The van der Waals surface area contributed by atoms with E-state index in [1.165, 1.54) is 6.07 Å². The van der Waals surface area contributed by atoms with Crippen LogP contribution in [0.25, 0.3) is 0 Å². The number of carbonyl (C=O) groups excluding carboxylic acids is 1. The molecule has 9 heteroatoms. The van der Waals surface area contributed by atoms with Crippen molar-refractivity contribution in [3.63, 3.8) is 0 Å². The monoisotopic (exact) mass is 438 g/mol. The van der Waals surface area contributed by atoms with Crippen LogP contribution in [0.15, 0.2) is 41.2 Å². The van der Waals surface area contributed by atoms with Crippen molar-refractivity contribution in [3.8, 4) is 0 Å². The second kappa shape index (κ2) is 8.38. The molecule has 3 atom stereocenters. The van der Waals surface area contributed by atoms with Gasteiger partial charge >= 0.3 is 0 Å². The number of fused-ring (bicyclic) bond motifs is 4. The summed E-state index contributed by atoms with van der Waals surface area (Å²) in [5.74, 6) is 0.0931. The highest BCUT2D eigenvalue weighted by Crippen LogP contribution is 2.36. The van der Waals surface area contributed by atoms with Gasteiger partial charge in [0, 0.05) is 62.1 Å². The van der Waals surface area contributed by atoms with E-state index in [4.69, 9.17) is 4.74 Å². The lowest BCUT2D eigenvalue weighted by Crippen LogP contribution is -2.49. The van der Waals surface area contributed by atoms with Gasteiger partial charge in [-0.2, -0.15) is 0 Å². The predicted octanol–water partition coefficient (Wildman–Crippen LogP) is 2.61. The number of nitrogens with zero attached hydrogens (tertiary/aromatic N) is 3. The molecule has 3 aliphatic heterocycles. The Hall–Kier alpha value is -3.20. The fraction of sp³-hybridized carbons (Fsp3) is 0.478. The Morgan fingerprint density at radius 3 is 2.88 bits per heavy atom. The third-order valence-electron chi connectivity index (χ3n) is 6.75. The topological polar surface area (TPSA) is 107 Å². The first-order valence-electron chi connectivity index (χ1n) is 11.1. The average Bonchev–Trinajstić information content (AvgIpc) is 3.31. The Bertz CT molecular complexity index is 1110. The number of ether oxygens (including phenoxy) is 1. The highest BCUT2D eigenvalue weighted by molar-refractivity contribution is 5.96. The van der Waals surface area contributed by atoms with Gasteiger partial charge in [-0.25, -0.2) is 0 Å². The number of hydrogen-bond acceptors (Lipinski definition) is 6. The summed E-state index contributed by atoms with van der Waals surface area (Å²) < 4.78 is 7.39. The van der Waals surface area contributed by atoms with Gasteiger partial charge in [0.15, 0.2) is 0 Å². The fourth-order valence-electron chi connectivity index (χ4n) is 5.24. The molecule has 3 unspecified atom stereocenters. The van der Waals surface area contributed by atoms with E-state index in [1.54, 1.807) is 29.2 Å². The molecule has 168 valence electrons. The van der Waals surface area contributed by atoms with Crippen LogP contribution >= 0.6 is 0 Å². The summed E-state index contributed by atoms with van der Waals surface area (Å²) in [7, 11) is 0. The van der Waals surface area contributed by atoms with E-state index in [1.807, 2.05) is 10.6 Å². The Kier molecular flexibility index (Phi) is 5.42. The van der Waals surface area contributed by atoms with Crippen LogP contribution in [0.2, 0.25) is 0 Å². The number of amides is 1. The number of hydrogen-bond donors (Lipinski definition) is 1. The Labute approximate surface area is 185 Å². The molecular weight excluding hydrogens is 412 g/mol. The lowest BCUT2D eigenvalue weighted by molar-refractivity contribution is -0.384. The van der Waals surface area contributed by atoms with Crippen molar-refractivity contribution in [3.05, 3.63) is 68.1 Å². The molecule has 0 spiro atoms. The van der Waals surface area contributed by atoms with Crippen LogP contribution in [-0.2, 0) is 11.3 Å². The molecule has 0 aliphatic carbocycles. The minimum Gasteiger partial charge on any atom is -0.377 e. The number of likely N-dealkylation sites (tertiary alicyclic amines) is 1. The summed E-state index contributed by atoms with van der Waals surface area (Å²) in [5.41, 5.74) is 1.56. The molecule has 2 bridgehead atoms. The van der Waals surface area contributed by atoms with Crippen LogP contribution < -0.4 is 10.9 Å². The number of anilines is 1. The second-order valence-electron chi connectivity index (χ2n) is 8.91. The molecule has 1 aromatic carbocycles. The van der Waals surface area contributed by atoms with Crippen LogP contribution in [0, 0.1) is 16.0 Å². The number of pyridine rings is 1. The number of nitro groups is 1. The van der Waals surface area contributed by atoms with E-state index < -0.39 is 4.92 Å². The van der Waals surface area contributed by atoms with Gasteiger partial charge in [-0.05, 0) is 43.4 Å². The molecule has 2 aromatic rings. The standard InChI is InChI=1S/C23H26N4O5/c28-22-5-1-4-20-17-9-15(13-26(20)22)12-25(14-17)23(29)16-6-7-19(21(10-16)27(30)31)24-11-18-3-2-8-32-18/h1,4-7,10,15,17-18,24H,2-3,8-9,11-14H2. The zero-order valence-electron chi connectivity index (χ0n) is 17.7. The molecule has 1 amide bonds. The smallest absolute Gasteiger partial charge is 0.293 e. The van der Waals surface area contributed by atoms with Crippen molar-refractivity contribution in [2.24, 2.45) is 5.92 Å². The molecule has 2 fully saturated rings. The van der Waals surface area contributed by atoms with E-state index >= 15 is 0 Å². The average molecular weight is 438 g/mol. The van der Waals surface area contributed by atoms with Gasteiger partial charge in [0.05, 0.1) is 11.0 Å². The van der Waals surface area contributed by atoms with Gasteiger partial charge in [0.25, 0.3) is 17.2 Å². The Morgan fingerprint density at radius 2 is 2.09 bits per heavy atom. The maximum Gasteiger partial charge on any atom is 0.293 e. The van der Waals surface area contributed by atoms with E-state index in [9.17, 15) is 19.7 Å². The van der Waals surface area contributed by atoms with Gasteiger partial charge in [-0.15, -0.1) is 0 Å². The Morgan fingerprint density at radius 1 is 1.22 bits per heavy atom. The molecule has 3 aliphatic rings. The lowest BCUT2D eigenvalue weighted by atomic mass is 9.83. The quantitative estimate of drug-likeness (QED) is 0.568. The molecular formula is C23H26N4O5. The molecule has 1 N–H and O–H groups in total. The number of carbonyl (C=O) groups is 1. The van der Waals surface area contributed by atoms with Gasteiger partial charge in [0.1, 0.15) is 5.69 Å². The number of benzene rings is 1. The highest BCUT2D eigenvalue weighted by atomic mass is 16.6. The van der Waals surface area contributed by atoms with Gasteiger partial charge in [-0.3, -0.25) is 19.7 Å². The van der Waals surface area contributed by atoms with Crippen molar-refractivity contribution in [2.45, 2.75) is 37.8 Å². The van der Waals surface area contributed by atoms with E-state index in [-0.39, 0.29) is 35.1 Å². The fourth-order valence-corrected chi connectivity index (χ4v) is 5.24. The maximum atomic E-state index is 13.3. The zero-order valence-corrected chi connectivity index (χ0v) is 17.7. The summed E-state index contributed by atoms with van der Waals surface area (Å²) >= 11 is 0. The van der Waals surface area contributed by atoms with Gasteiger partial charge in [-0.1, -0.05) is 6.07 Å². The summed E-state index contributed by atoms with van der Waals surface area (Å²) in [5, 5.41) is 14.8. The van der Waals surface area contributed by atoms with Crippen molar-refractivity contribution in [1.82, 2.24) is 9.47 Å². The molecule has 32 heavy (non-hydrogen) atoms. The normalized spacial score (nSPS) is 24.1. The number of piperidine rings is 1. The summed E-state index contributed by atoms with van der Waals surface area (Å²) in [6.45, 7) is 2.87. The van der Waals surface area contributed by atoms with Crippen LogP contribution in [0.1, 0.15) is 41.2 Å².